The lowest BCUT2D eigenvalue weighted by molar-refractivity contribution is -0.146. The van der Waals surface area contributed by atoms with Gasteiger partial charge in [0, 0.05) is 11.6 Å². The highest BCUT2D eigenvalue weighted by molar-refractivity contribution is 5.91. The van der Waals surface area contributed by atoms with E-state index in [1.54, 1.807) is 25.7 Å². The van der Waals surface area contributed by atoms with Gasteiger partial charge in [-0.05, 0) is 80.4 Å². The van der Waals surface area contributed by atoms with Crippen LogP contribution in [0.15, 0.2) is 18.2 Å². The maximum Gasteiger partial charge on any atom is 0.408 e. The average Bonchev–Trinajstić information content (AvgIpc) is 2.55. The van der Waals surface area contributed by atoms with Gasteiger partial charge in [0.15, 0.2) is 0 Å². The van der Waals surface area contributed by atoms with Gasteiger partial charge >= 0.3 is 6.09 Å². The van der Waals surface area contributed by atoms with Crippen molar-refractivity contribution >= 4 is 17.9 Å². The van der Waals surface area contributed by atoms with Crippen molar-refractivity contribution in [2.45, 2.75) is 92.5 Å². The molecule has 1 aromatic rings. The molecule has 1 rings (SSSR count). The Kier molecular flexibility index (Phi) is 8.67. The summed E-state index contributed by atoms with van der Waals surface area (Å²) in [7, 11) is 0. The molecule has 3 amide bonds. The third-order valence-electron chi connectivity index (χ3n) is 4.43. The predicted octanol–water partition coefficient (Wildman–Crippen LogP) is 4.02. The standard InChI is InChI=1S/C24H39N3O4/c1-15(2)26-21(29)20(18-12-11-16(3)13-17(18)4)27(23(5,6)7)19(28)14-25-22(30)31-24(8,9)10/h11-13,15,20H,14H2,1-10H3,(H,25,30)(H,26,29). The van der Waals surface area contributed by atoms with Gasteiger partial charge in [-0.1, -0.05) is 23.8 Å². The number of hydrogen-bond acceptors (Lipinski definition) is 4. The van der Waals surface area contributed by atoms with Crippen molar-refractivity contribution in [3.05, 3.63) is 34.9 Å². The van der Waals surface area contributed by atoms with E-state index in [-0.39, 0.29) is 24.4 Å². The number of nitrogens with one attached hydrogen (secondary N) is 2. The summed E-state index contributed by atoms with van der Waals surface area (Å²) in [5.41, 5.74) is 1.40. The van der Waals surface area contributed by atoms with E-state index in [0.29, 0.717) is 0 Å². The number of carbonyl (C=O) groups is 3. The van der Waals surface area contributed by atoms with Gasteiger partial charge in [-0.3, -0.25) is 9.59 Å². The van der Waals surface area contributed by atoms with E-state index >= 15 is 0 Å². The first-order chi connectivity index (χ1) is 14.0. The van der Waals surface area contributed by atoms with Crippen LogP contribution in [0.1, 0.15) is 78.1 Å². The number of alkyl carbamates (subject to hydrolysis) is 1. The zero-order valence-electron chi connectivity index (χ0n) is 20.7. The van der Waals surface area contributed by atoms with Gasteiger partial charge in [0.25, 0.3) is 0 Å². The van der Waals surface area contributed by atoms with Gasteiger partial charge in [0.05, 0.1) is 0 Å². The molecule has 0 aromatic heterocycles. The Hall–Kier alpha value is -2.57. The quantitative estimate of drug-likeness (QED) is 0.709. The highest BCUT2D eigenvalue weighted by Gasteiger charge is 2.39. The van der Waals surface area contributed by atoms with Crippen LogP contribution >= 0.6 is 0 Å². The third kappa shape index (κ3) is 8.23. The fraction of sp³-hybridized carbons (Fsp3) is 0.625. The minimum atomic E-state index is -0.837. The highest BCUT2D eigenvalue weighted by Crippen LogP contribution is 2.31. The highest BCUT2D eigenvalue weighted by atomic mass is 16.6. The number of amides is 3. The van der Waals surface area contributed by atoms with Gasteiger partial charge < -0.3 is 20.3 Å². The Morgan fingerprint density at radius 2 is 1.61 bits per heavy atom. The van der Waals surface area contributed by atoms with E-state index in [1.165, 1.54) is 0 Å². The number of hydrogen-bond donors (Lipinski definition) is 2. The summed E-state index contributed by atoms with van der Waals surface area (Å²) >= 11 is 0. The first-order valence-electron chi connectivity index (χ1n) is 10.7. The van der Waals surface area contributed by atoms with Crippen LogP contribution in [-0.2, 0) is 14.3 Å². The second kappa shape index (κ2) is 10.2. The average molecular weight is 434 g/mol. The third-order valence-corrected chi connectivity index (χ3v) is 4.43. The molecule has 0 radical (unpaired) electrons. The minimum absolute atomic E-state index is 0.0856. The lowest BCUT2D eigenvalue weighted by atomic mass is 9.93. The zero-order chi connectivity index (χ0) is 24.1. The molecule has 0 saturated heterocycles. The molecule has 1 atom stereocenters. The number of nitrogens with zero attached hydrogens (tertiary/aromatic N) is 1. The Morgan fingerprint density at radius 1 is 1.03 bits per heavy atom. The maximum atomic E-state index is 13.3. The summed E-state index contributed by atoms with van der Waals surface area (Å²) < 4.78 is 5.23. The fourth-order valence-electron chi connectivity index (χ4n) is 3.35. The van der Waals surface area contributed by atoms with E-state index in [4.69, 9.17) is 4.74 Å². The topological polar surface area (TPSA) is 87.7 Å². The van der Waals surface area contributed by atoms with Crippen molar-refractivity contribution < 1.29 is 19.1 Å². The molecule has 1 aromatic carbocycles. The Bertz CT molecular complexity index is 804. The second-order valence-electron chi connectivity index (χ2n) is 10.2. The van der Waals surface area contributed by atoms with Crippen molar-refractivity contribution in [2.75, 3.05) is 6.54 Å². The van der Waals surface area contributed by atoms with Crippen LogP contribution in [0.4, 0.5) is 4.79 Å². The maximum absolute atomic E-state index is 13.3. The fourth-order valence-corrected chi connectivity index (χ4v) is 3.35. The van der Waals surface area contributed by atoms with Crippen LogP contribution in [-0.4, -0.2) is 46.5 Å². The van der Waals surface area contributed by atoms with Crippen molar-refractivity contribution in [3.63, 3.8) is 0 Å². The Balaban J connectivity index is 3.34. The molecule has 174 valence electrons. The normalized spacial score (nSPS) is 12.9. The summed E-state index contributed by atoms with van der Waals surface area (Å²) in [5.74, 6) is -0.635. The van der Waals surface area contributed by atoms with E-state index in [2.05, 4.69) is 10.6 Å². The van der Waals surface area contributed by atoms with Crippen LogP contribution in [0.25, 0.3) is 0 Å². The summed E-state index contributed by atoms with van der Waals surface area (Å²) in [4.78, 5) is 40.2. The molecule has 7 nitrogen and oxygen atoms in total. The van der Waals surface area contributed by atoms with Crippen LogP contribution in [0.2, 0.25) is 0 Å². The number of carbonyl (C=O) groups excluding carboxylic acids is 3. The second-order valence-corrected chi connectivity index (χ2v) is 10.2. The van der Waals surface area contributed by atoms with Crippen molar-refractivity contribution in [3.8, 4) is 0 Å². The van der Waals surface area contributed by atoms with Gasteiger partial charge in [-0.25, -0.2) is 4.79 Å². The van der Waals surface area contributed by atoms with E-state index in [0.717, 1.165) is 16.7 Å². The summed E-state index contributed by atoms with van der Waals surface area (Å²) in [5, 5.41) is 5.46. The van der Waals surface area contributed by atoms with E-state index in [9.17, 15) is 14.4 Å². The minimum Gasteiger partial charge on any atom is -0.444 e. The van der Waals surface area contributed by atoms with Crippen molar-refractivity contribution in [1.29, 1.82) is 0 Å². The molecule has 7 heteroatoms. The molecule has 2 N–H and O–H groups in total. The number of benzene rings is 1. The van der Waals surface area contributed by atoms with Crippen LogP contribution in [0.5, 0.6) is 0 Å². The molecular formula is C24H39N3O4. The lowest BCUT2D eigenvalue weighted by Gasteiger charge is -2.42. The molecule has 1 unspecified atom stereocenters. The number of ether oxygens (including phenoxy) is 1. The van der Waals surface area contributed by atoms with Crippen molar-refractivity contribution in [1.82, 2.24) is 15.5 Å². The van der Waals surface area contributed by atoms with Gasteiger partial charge in [-0.2, -0.15) is 0 Å². The Labute approximate surface area is 186 Å². The van der Waals surface area contributed by atoms with Gasteiger partial charge in [-0.15, -0.1) is 0 Å². The summed E-state index contributed by atoms with van der Waals surface area (Å²) in [6.07, 6.45) is -0.676. The first-order valence-corrected chi connectivity index (χ1v) is 10.7. The molecule has 0 heterocycles. The first kappa shape index (κ1) is 26.5. The summed E-state index contributed by atoms with van der Waals surface area (Å²) in [6.45, 7) is 18.3. The molecule has 0 fully saturated rings. The lowest BCUT2D eigenvalue weighted by Crippen LogP contribution is -2.55. The van der Waals surface area contributed by atoms with E-state index < -0.39 is 23.3 Å². The molecule has 0 aliphatic heterocycles. The van der Waals surface area contributed by atoms with Crippen LogP contribution < -0.4 is 10.6 Å². The zero-order valence-corrected chi connectivity index (χ0v) is 20.7. The van der Waals surface area contributed by atoms with Gasteiger partial charge in [0.1, 0.15) is 18.2 Å². The number of aryl methyl sites for hydroxylation is 2. The molecule has 0 bridgehead atoms. The molecule has 0 aliphatic rings. The van der Waals surface area contributed by atoms with Gasteiger partial charge in [0.2, 0.25) is 11.8 Å². The molecule has 0 saturated carbocycles. The predicted molar refractivity (Wildman–Crippen MR) is 123 cm³/mol. The SMILES string of the molecule is Cc1ccc(C(C(=O)NC(C)C)N(C(=O)CNC(=O)OC(C)(C)C)C(C)(C)C)c(C)c1. The molecular weight excluding hydrogens is 394 g/mol. The summed E-state index contributed by atoms with van der Waals surface area (Å²) in [6, 6.07) is 4.90. The van der Waals surface area contributed by atoms with Crippen LogP contribution in [0.3, 0.4) is 0 Å². The smallest absolute Gasteiger partial charge is 0.408 e. The Morgan fingerprint density at radius 3 is 2.06 bits per heavy atom. The molecule has 0 aliphatic carbocycles. The monoisotopic (exact) mass is 433 g/mol. The van der Waals surface area contributed by atoms with Crippen LogP contribution in [0, 0.1) is 13.8 Å². The number of rotatable bonds is 6. The molecule has 31 heavy (non-hydrogen) atoms. The largest absolute Gasteiger partial charge is 0.444 e. The van der Waals surface area contributed by atoms with E-state index in [1.807, 2.05) is 66.7 Å². The van der Waals surface area contributed by atoms with Crippen molar-refractivity contribution in [2.24, 2.45) is 0 Å². The molecule has 0 spiro atoms.